The Hall–Kier alpha value is -0.610. The predicted octanol–water partition coefficient (Wildman–Crippen LogP) is 1.04. The standard InChI is InChI=1S/C13H26N2O2/c1-13(2,3)11(7-9-16)14-8-6-12(17)15-10-4-5-10/h10-11,14,16H,4-9H2,1-3H3,(H,15,17). The molecule has 0 heterocycles. The molecule has 1 unspecified atom stereocenters. The molecule has 1 aliphatic carbocycles. The van der Waals surface area contributed by atoms with Gasteiger partial charge in [-0.3, -0.25) is 4.79 Å². The summed E-state index contributed by atoms with van der Waals surface area (Å²) in [5.74, 6) is 0.136. The molecule has 1 atom stereocenters. The highest BCUT2D eigenvalue weighted by atomic mass is 16.3. The molecule has 4 heteroatoms. The number of hydrogen-bond donors (Lipinski definition) is 3. The van der Waals surface area contributed by atoms with Gasteiger partial charge in [-0.1, -0.05) is 20.8 Å². The van der Waals surface area contributed by atoms with E-state index >= 15 is 0 Å². The fraction of sp³-hybridized carbons (Fsp3) is 0.923. The fourth-order valence-corrected chi connectivity index (χ4v) is 1.86. The van der Waals surface area contributed by atoms with Crippen LogP contribution in [0, 0.1) is 5.41 Å². The molecule has 0 aliphatic heterocycles. The molecule has 100 valence electrons. The summed E-state index contributed by atoms with van der Waals surface area (Å²) in [6.07, 6.45) is 3.52. The molecule has 1 amide bonds. The number of carbonyl (C=O) groups excluding carboxylic acids is 1. The monoisotopic (exact) mass is 242 g/mol. The van der Waals surface area contributed by atoms with Gasteiger partial charge in [0.15, 0.2) is 0 Å². The molecule has 1 rings (SSSR count). The van der Waals surface area contributed by atoms with Crippen LogP contribution in [0.3, 0.4) is 0 Å². The molecule has 0 aromatic carbocycles. The molecule has 0 bridgehead atoms. The van der Waals surface area contributed by atoms with Crippen molar-refractivity contribution < 1.29 is 9.90 Å². The van der Waals surface area contributed by atoms with Crippen LogP contribution in [-0.2, 0) is 4.79 Å². The highest BCUT2D eigenvalue weighted by Gasteiger charge is 2.25. The van der Waals surface area contributed by atoms with Crippen LogP contribution < -0.4 is 10.6 Å². The topological polar surface area (TPSA) is 61.4 Å². The Balaban J connectivity index is 2.19. The fourth-order valence-electron chi connectivity index (χ4n) is 1.86. The summed E-state index contributed by atoms with van der Waals surface area (Å²) in [5, 5.41) is 15.4. The summed E-state index contributed by atoms with van der Waals surface area (Å²) in [6.45, 7) is 7.30. The van der Waals surface area contributed by atoms with Crippen molar-refractivity contribution in [1.29, 1.82) is 0 Å². The minimum atomic E-state index is 0.107. The predicted molar refractivity (Wildman–Crippen MR) is 68.7 cm³/mol. The van der Waals surface area contributed by atoms with E-state index in [1.54, 1.807) is 0 Å². The van der Waals surface area contributed by atoms with Crippen LogP contribution in [0.25, 0.3) is 0 Å². The normalized spacial score (nSPS) is 17.9. The number of carbonyl (C=O) groups is 1. The van der Waals surface area contributed by atoms with E-state index in [1.165, 1.54) is 0 Å². The van der Waals surface area contributed by atoms with Crippen molar-refractivity contribution in [3.63, 3.8) is 0 Å². The Labute approximate surface area is 104 Å². The zero-order valence-corrected chi connectivity index (χ0v) is 11.3. The quantitative estimate of drug-likeness (QED) is 0.625. The van der Waals surface area contributed by atoms with Crippen molar-refractivity contribution in [2.45, 2.75) is 58.5 Å². The molecule has 0 spiro atoms. The van der Waals surface area contributed by atoms with Gasteiger partial charge in [-0.25, -0.2) is 0 Å². The van der Waals surface area contributed by atoms with Crippen molar-refractivity contribution in [3.8, 4) is 0 Å². The number of aliphatic hydroxyl groups is 1. The van der Waals surface area contributed by atoms with Gasteiger partial charge in [-0.2, -0.15) is 0 Å². The molecule has 1 aliphatic rings. The largest absolute Gasteiger partial charge is 0.396 e. The van der Waals surface area contributed by atoms with Gasteiger partial charge in [0.2, 0.25) is 5.91 Å². The lowest BCUT2D eigenvalue weighted by Gasteiger charge is -2.31. The van der Waals surface area contributed by atoms with Crippen molar-refractivity contribution in [1.82, 2.24) is 10.6 Å². The lowest BCUT2D eigenvalue weighted by molar-refractivity contribution is -0.121. The first-order valence-corrected chi connectivity index (χ1v) is 6.57. The van der Waals surface area contributed by atoms with Crippen molar-refractivity contribution >= 4 is 5.91 Å². The van der Waals surface area contributed by atoms with Crippen LogP contribution in [0.15, 0.2) is 0 Å². The van der Waals surface area contributed by atoms with Gasteiger partial charge in [0, 0.05) is 31.7 Å². The van der Waals surface area contributed by atoms with Crippen LogP contribution in [0.1, 0.15) is 46.5 Å². The van der Waals surface area contributed by atoms with Gasteiger partial charge in [0.05, 0.1) is 0 Å². The average molecular weight is 242 g/mol. The Morgan fingerprint density at radius 2 is 2.06 bits per heavy atom. The number of amides is 1. The van der Waals surface area contributed by atoms with E-state index in [2.05, 4.69) is 31.4 Å². The third kappa shape index (κ3) is 6.03. The van der Waals surface area contributed by atoms with Gasteiger partial charge in [0.25, 0.3) is 0 Å². The van der Waals surface area contributed by atoms with E-state index in [9.17, 15) is 4.79 Å². The van der Waals surface area contributed by atoms with Gasteiger partial charge < -0.3 is 15.7 Å². The first-order chi connectivity index (χ1) is 7.93. The second kappa shape index (κ2) is 6.36. The first-order valence-electron chi connectivity index (χ1n) is 6.57. The SMILES string of the molecule is CC(C)(C)C(CCO)NCCC(=O)NC1CC1. The van der Waals surface area contributed by atoms with Crippen LogP contribution in [0.5, 0.6) is 0 Å². The van der Waals surface area contributed by atoms with Gasteiger partial charge in [0.1, 0.15) is 0 Å². The van der Waals surface area contributed by atoms with Crippen molar-refractivity contribution in [2.75, 3.05) is 13.2 Å². The maximum atomic E-state index is 11.5. The van der Waals surface area contributed by atoms with Gasteiger partial charge in [-0.05, 0) is 24.7 Å². The first kappa shape index (κ1) is 14.5. The van der Waals surface area contributed by atoms with E-state index in [1.807, 2.05) is 0 Å². The molecule has 0 radical (unpaired) electrons. The summed E-state index contributed by atoms with van der Waals surface area (Å²) in [4.78, 5) is 11.5. The second-order valence-electron chi connectivity index (χ2n) is 5.98. The summed E-state index contributed by atoms with van der Waals surface area (Å²) < 4.78 is 0. The Morgan fingerprint density at radius 1 is 1.41 bits per heavy atom. The summed E-state index contributed by atoms with van der Waals surface area (Å²) >= 11 is 0. The van der Waals surface area contributed by atoms with Crippen LogP contribution in [0.4, 0.5) is 0 Å². The van der Waals surface area contributed by atoms with E-state index < -0.39 is 0 Å². The maximum Gasteiger partial charge on any atom is 0.221 e. The van der Waals surface area contributed by atoms with E-state index in [0.717, 1.165) is 19.3 Å². The molecule has 1 saturated carbocycles. The van der Waals surface area contributed by atoms with E-state index in [0.29, 0.717) is 19.0 Å². The molecule has 4 nitrogen and oxygen atoms in total. The molecule has 0 aromatic rings. The molecule has 3 N–H and O–H groups in total. The Morgan fingerprint density at radius 3 is 2.53 bits per heavy atom. The molecule has 17 heavy (non-hydrogen) atoms. The molecule has 0 aromatic heterocycles. The number of hydrogen-bond acceptors (Lipinski definition) is 3. The average Bonchev–Trinajstić information content (AvgIpc) is 2.99. The van der Waals surface area contributed by atoms with Crippen LogP contribution in [-0.4, -0.2) is 36.2 Å². The second-order valence-corrected chi connectivity index (χ2v) is 5.98. The smallest absolute Gasteiger partial charge is 0.221 e. The van der Waals surface area contributed by atoms with Gasteiger partial charge >= 0.3 is 0 Å². The highest BCUT2D eigenvalue weighted by Crippen LogP contribution is 2.21. The van der Waals surface area contributed by atoms with Crippen LogP contribution in [0.2, 0.25) is 0 Å². The van der Waals surface area contributed by atoms with Gasteiger partial charge in [-0.15, -0.1) is 0 Å². The van der Waals surface area contributed by atoms with E-state index in [4.69, 9.17) is 5.11 Å². The third-order valence-corrected chi connectivity index (χ3v) is 3.15. The summed E-state index contributed by atoms with van der Waals surface area (Å²) in [5.41, 5.74) is 0.107. The Kier molecular flexibility index (Phi) is 5.40. The van der Waals surface area contributed by atoms with E-state index in [-0.39, 0.29) is 24.0 Å². The molecular formula is C13H26N2O2. The molecule has 0 saturated heterocycles. The number of rotatable bonds is 7. The number of nitrogens with one attached hydrogen (secondary N) is 2. The zero-order chi connectivity index (χ0) is 12.9. The lowest BCUT2D eigenvalue weighted by Crippen LogP contribution is -2.42. The minimum absolute atomic E-state index is 0.107. The molecule has 1 fully saturated rings. The Bertz CT molecular complexity index is 244. The zero-order valence-electron chi connectivity index (χ0n) is 11.3. The highest BCUT2D eigenvalue weighted by molar-refractivity contribution is 5.76. The minimum Gasteiger partial charge on any atom is -0.396 e. The third-order valence-electron chi connectivity index (χ3n) is 3.15. The van der Waals surface area contributed by atoms with Crippen molar-refractivity contribution in [2.24, 2.45) is 5.41 Å². The van der Waals surface area contributed by atoms with Crippen molar-refractivity contribution in [3.05, 3.63) is 0 Å². The lowest BCUT2D eigenvalue weighted by atomic mass is 9.85. The summed E-state index contributed by atoms with van der Waals surface area (Å²) in [6, 6.07) is 0.694. The van der Waals surface area contributed by atoms with Crippen LogP contribution >= 0.6 is 0 Å². The number of aliphatic hydroxyl groups excluding tert-OH is 1. The summed E-state index contributed by atoms with van der Waals surface area (Å²) in [7, 11) is 0. The molecular weight excluding hydrogens is 216 g/mol. The maximum absolute atomic E-state index is 11.5.